The first-order chi connectivity index (χ1) is 14.9. The van der Waals surface area contributed by atoms with E-state index in [2.05, 4.69) is 15.0 Å². The molecule has 0 aliphatic heterocycles. The minimum atomic E-state index is -1.24. The van der Waals surface area contributed by atoms with Crippen molar-refractivity contribution >= 4 is 31.5 Å². The Balaban J connectivity index is -0.000000360. The van der Waals surface area contributed by atoms with Crippen LogP contribution in [0.15, 0.2) is 73.2 Å². The molecule has 0 N–H and O–H groups in total. The molecule has 3 heterocycles. The summed E-state index contributed by atoms with van der Waals surface area (Å²) in [5, 5.41) is 30.1. The maximum atomic E-state index is 10.0. The van der Waals surface area contributed by atoms with E-state index < -0.39 is 17.9 Å². The van der Waals surface area contributed by atoms with E-state index in [1.54, 1.807) is 36.4 Å². The molecule has 3 rings (SSSR count). The second-order valence-electron chi connectivity index (χ2n) is 4.51. The van der Waals surface area contributed by atoms with Gasteiger partial charge in [0.15, 0.2) is 0 Å². The van der Waals surface area contributed by atoms with Crippen molar-refractivity contribution < 1.29 is 58.8 Å². The van der Waals surface area contributed by atoms with Crippen LogP contribution in [0.1, 0.15) is 31.5 Å². The number of carbonyl (C=O) groups excluding carboxylic acids is 5. The maximum absolute atomic E-state index is 10.0. The van der Waals surface area contributed by atoms with Gasteiger partial charge in [0.25, 0.3) is 0 Å². The van der Waals surface area contributed by atoms with E-state index >= 15 is 0 Å². The summed E-state index contributed by atoms with van der Waals surface area (Å²) in [6.07, 6.45) is 4.22. The molecule has 3 aromatic rings. The molecular formula is C20H16N3O8Rh. The van der Waals surface area contributed by atoms with E-state index in [1.165, 1.54) is 36.8 Å². The Morgan fingerprint density at radius 3 is 0.844 bits per heavy atom. The number of aromatic carboxylic acids is 3. The van der Waals surface area contributed by atoms with Crippen LogP contribution in [0.25, 0.3) is 0 Å². The second-order valence-corrected chi connectivity index (χ2v) is 4.51. The smallest absolute Gasteiger partial charge is 0.543 e. The monoisotopic (exact) mass is 529 g/mol. The summed E-state index contributed by atoms with van der Waals surface area (Å²) >= 11 is 0. The zero-order valence-electron chi connectivity index (χ0n) is 16.3. The van der Waals surface area contributed by atoms with Gasteiger partial charge in [0.1, 0.15) is 13.6 Å². The molecule has 0 unspecified atom stereocenters. The number of carbonyl (C=O) groups is 5. The summed E-state index contributed by atoms with van der Waals surface area (Å²) in [6, 6.07) is 13.9. The topological polar surface area (TPSA) is 193 Å². The van der Waals surface area contributed by atoms with Gasteiger partial charge in [-0.3, -0.25) is 15.0 Å². The maximum Gasteiger partial charge on any atom is 3.00 e. The number of nitrogens with zero attached hydrogens (tertiary/aromatic N) is 3. The molecule has 0 amide bonds. The van der Waals surface area contributed by atoms with Crippen LogP contribution < -0.4 is 15.3 Å². The third-order valence-corrected chi connectivity index (χ3v) is 2.62. The first kappa shape index (κ1) is 32.5. The molecule has 12 heteroatoms. The molecule has 0 atom stereocenters. The Labute approximate surface area is 195 Å². The first-order valence-corrected chi connectivity index (χ1v) is 7.86. The standard InChI is InChI=1S/3C6H5NO2.2CH2O.Rh/c3*8-6(9)5-3-1-2-4-7-5;2*1-2;/h3*1-4H,(H,8,9);2*1H2;/q;;;;;+3/p-3. The SMILES string of the molecule is C=O.C=O.O=C([O-])c1ccccn1.O=C([O-])c1ccccn1.O=C([O-])c1ccccn1.[Rh+3]. The zero-order valence-corrected chi connectivity index (χ0v) is 17.9. The summed E-state index contributed by atoms with van der Waals surface area (Å²) in [7, 11) is 0. The van der Waals surface area contributed by atoms with Crippen molar-refractivity contribution in [3.05, 3.63) is 90.3 Å². The Morgan fingerprint density at radius 2 is 0.750 bits per heavy atom. The average Bonchev–Trinajstić information content (AvgIpc) is 2.84. The van der Waals surface area contributed by atoms with Gasteiger partial charge < -0.3 is 39.3 Å². The predicted molar refractivity (Wildman–Crippen MR) is 99.9 cm³/mol. The van der Waals surface area contributed by atoms with Crippen molar-refractivity contribution in [2.24, 2.45) is 0 Å². The Hall–Kier alpha value is -4.18. The van der Waals surface area contributed by atoms with Crippen LogP contribution in [0.5, 0.6) is 0 Å². The molecule has 0 aliphatic rings. The van der Waals surface area contributed by atoms with Crippen LogP contribution >= 0.6 is 0 Å². The van der Waals surface area contributed by atoms with Gasteiger partial charge in [-0.2, -0.15) is 0 Å². The van der Waals surface area contributed by atoms with Gasteiger partial charge in [0.2, 0.25) is 0 Å². The summed E-state index contributed by atoms with van der Waals surface area (Å²) in [6.45, 7) is 4.00. The molecule has 3 aromatic heterocycles. The Morgan fingerprint density at radius 1 is 0.531 bits per heavy atom. The molecule has 0 radical (unpaired) electrons. The third-order valence-electron chi connectivity index (χ3n) is 2.62. The van der Waals surface area contributed by atoms with Crippen LogP contribution in [-0.4, -0.2) is 46.4 Å². The molecule has 0 aliphatic carbocycles. The summed E-state index contributed by atoms with van der Waals surface area (Å²) in [5.41, 5.74) is -0.0903. The quantitative estimate of drug-likeness (QED) is 0.340. The van der Waals surface area contributed by atoms with Crippen molar-refractivity contribution in [3.63, 3.8) is 0 Å². The van der Waals surface area contributed by atoms with Gasteiger partial charge in [-0.15, -0.1) is 0 Å². The van der Waals surface area contributed by atoms with E-state index in [0.29, 0.717) is 0 Å². The van der Waals surface area contributed by atoms with Crippen LogP contribution in [0, 0.1) is 0 Å². The number of pyridine rings is 3. The number of aromatic nitrogens is 3. The molecule has 0 aromatic carbocycles. The number of carboxylic acid groups (broad SMARTS) is 3. The fourth-order valence-electron chi connectivity index (χ4n) is 1.45. The van der Waals surface area contributed by atoms with Gasteiger partial charge in [-0.25, -0.2) is 0 Å². The molecule has 0 saturated carbocycles. The van der Waals surface area contributed by atoms with Crippen molar-refractivity contribution in [1.29, 1.82) is 0 Å². The van der Waals surface area contributed by atoms with Crippen LogP contribution in [0.2, 0.25) is 0 Å². The zero-order chi connectivity index (χ0) is 24.1. The van der Waals surface area contributed by atoms with Gasteiger partial charge in [0.05, 0.1) is 35.0 Å². The van der Waals surface area contributed by atoms with E-state index in [0.717, 1.165) is 0 Å². The fourth-order valence-corrected chi connectivity index (χ4v) is 1.45. The van der Waals surface area contributed by atoms with Crippen molar-refractivity contribution in [2.75, 3.05) is 0 Å². The minimum absolute atomic E-state index is 0. The second kappa shape index (κ2) is 21.5. The van der Waals surface area contributed by atoms with E-state index in [-0.39, 0.29) is 36.6 Å². The number of carboxylic acids is 3. The molecule has 168 valence electrons. The van der Waals surface area contributed by atoms with Gasteiger partial charge in [-0.05, 0) is 36.4 Å². The number of hydrogen-bond donors (Lipinski definition) is 0. The minimum Gasteiger partial charge on any atom is -0.543 e. The molecule has 0 fully saturated rings. The Bertz CT molecular complexity index is 781. The van der Waals surface area contributed by atoms with E-state index in [1.807, 2.05) is 13.6 Å². The fraction of sp³-hybridized carbons (Fsp3) is 0. The molecule has 32 heavy (non-hydrogen) atoms. The molecule has 0 bridgehead atoms. The normalized spacial score (nSPS) is 7.75. The summed E-state index contributed by atoms with van der Waals surface area (Å²) in [4.78, 5) is 56.6. The first-order valence-electron chi connectivity index (χ1n) is 7.86. The van der Waals surface area contributed by atoms with E-state index in [9.17, 15) is 29.7 Å². The van der Waals surface area contributed by atoms with Crippen LogP contribution in [0.3, 0.4) is 0 Å². The van der Waals surface area contributed by atoms with Gasteiger partial charge in [-0.1, -0.05) is 18.2 Å². The predicted octanol–water partition coefficient (Wildman–Crippen LogP) is -2.04. The van der Waals surface area contributed by atoms with Crippen molar-refractivity contribution in [3.8, 4) is 0 Å². The molecule has 0 saturated heterocycles. The van der Waals surface area contributed by atoms with Gasteiger partial charge in [0, 0.05) is 18.6 Å². The van der Waals surface area contributed by atoms with Crippen molar-refractivity contribution in [1.82, 2.24) is 15.0 Å². The average molecular weight is 529 g/mol. The molecular weight excluding hydrogens is 513 g/mol. The summed E-state index contributed by atoms with van der Waals surface area (Å²) in [5.74, 6) is -3.72. The molecule has 11 nitrogen and oxygen atoms in total. The van der Waals surface area contributed by atoms with Crippen LogP contribution in [-0.2, 0) is 29.1 Å². The number of rotatable bonds is 3. The van der Waals surface area contributed by atoms with Crippen LogP contribution in [0.4, 0.5) is 0 Å². The third kappa shape index (κ3) is 15.7. The van der Waals surface area contributed by atoms with E-state index in [4.69, 9.17) is 9.59 Å². The Kier molecular flexibility index (Phi) is 21.9. The molecule has 0 spiro atoms. The van der Waals surface area contributed by atoms with Crippen molar-refractivity contribution in [2.45, 2.75) is 0 Å². The largest absolute Gasteiger partial charge is 3.00 e. The van der Waals surface area contributed by atoms with Gasteiger partial charge >= 0.3 is 19.5 Å². The number of hydrogen-bond acceptors (Lipinski definition) is 11. The summed E-state index contributed by atoms with van der Waals surface area (Å²) < 4.78 is 0.